The highest BCUT2D eigenvalue weighted by Crippen LogP contribution is 2.33. The Kier molecular flexibility index (Phi) is 7.13. The number of nitrogens with zero attached hydrogens (tertiary/aromatic N) is 1. The van der Waals surface area contributed by atoms with Crippen molar-refractivity contribution in [1.29, 1.82) is 0 Å². The topological polar surface area (TPSA) is 76.1 Å². The molecule has 2 amide bonds. The van der Waals surface area contributed by atoms with Gasteiger partial charge in [0.2, 0.25) is 0 Å². The van der Waals surface area contributed by atoms with Gasteiger partial charge in [0.1, 0.15) is 5.60 Å². The van der Waals surface area contributed by atoms with Gasteiger partial charge in [-0.25, -0.2) is 9.69 Å². The van der Waals surface area contributed by atoms with Crippen LogP contribution in [-0.4, -0.2) is 45.9 Å². The van der Waals surface area contributed by atoms with E-state index in [2.05, 4.69) is 0 Å². The number of rotatable bonds is 8. The Morgan fingerprint density at radius 3 is 2.16 bits per heavy atom. The van der Waals surface area contributed by atoms with Gasteiger partial charge in [-0.3, -0.25) is 4.79 Å². The highest BCUT2D eigenvalue weighted by molar-refractivity contribution is 5.96. The summed E-state index contributed by atoms with van der Waals surface area (Å²) in [6.45, 7) is 7.36. The molecule has 0 unspecified atom stereocenters. The van der Waals surface area contributed by atoms with Gasteiger partial charge in [0.25, 0.3) is 5.91 Å². The van der Waals surface area contributed by atoms with E-state index in [1.54, 1.807) is 13.8 Å². The number of aliphatic hydroxyl groups is 1. The predicted molar refractivity (Wildman–Crippen MR) is 117 cm³/mol. The van der Waals surface area contributed by atoms with E-state index in [1.165, 1.54) is 0 Å². The molecule has 166 valence electrons. The van der Waals surface area contributed by atoms with E-state index in [-0.39, 0.29) is 12.5 Å². The van der Waals surface area contributed by atoms with E-state index in [1.807, 2.05) is 74.5 Å². The molecular weight excluding hydrogens is 394 g/mol. The number of benzene rings is 2. The Morgan fingerprint density at radius 2 is 1.61 bits per heavy atom. The van der Waals surface area contributed by atoms with Crippen LogP contribution in [0.5, 0.6) is 0 Å². The Labute approximate surface area is 183 Å². The lowest BCUT2D eigenvalue weighted by molar-refractivity contribution is -0.154. The minimum Gasteiger partial charge on any atom is -0.441 e. The van der Waals surface area contributed by atoms with Crippen LogP contribution in [0, 0.1) is 5.92 Å². The van der Waals surface area contributed by atoms with E-state index in [0.29, 0.717) is 6.42 Å². The lowest BCUT2D eigenvalue weighted by atomic mass is 9.91. The van der Waals surface area contributed by atoms with Crippen molar-refractivity contribution in [1.82, 2.24) is 4.90 Å². The predicted octanol–water partition coefficient (Wildman–Crippen LogP) is 3.96. The smallest absolute Gasteiger partial charge is 0.417 e. The fraction of sp³-hybridized carbons (Fsp3) is 0.440. The van der Waals surface area contributed by atoms with Gasteiger partial charge in [-0.15, -0.1) is 0 Å². The number of carbonyl (C=O) groups excluding carboxylic acids is 2. The first kappa shape index (κ1) is 23.0. The second-order valence-electron chi connectivity index (χ2n) is 8.84. The molecule has 2 aromatic rings. The van der Waals surface area contributed by atoms with Crippen LogP contribution in [0.2, 0.25) is 0 Å². The van der Waals surface area contributed by atoms with Crippen LogP contribution in [0.15, 0.2) is 60.7 Å². The normalized spacial score (nSPS) is 19.9. The number of ether oxygens (including phenoxy) is 2. The number of cyclic esters (lactones) is 1. The summed E-state index contributed by atoms with van der Waals surface area (Å²) in [6, 6.07) is 18.6. The van der Waals surface area contributed by atoms with E-state index in [9.17, 15) is 14.7 Å². The molecule has 1 fully saturated rings. The molecule has 3 rings (SSSR count). The Morgan fingerprint density at radius 1 is 1.06 bits per heavy atom. The average Bonchev–Trinajstić information content (AvgIpc) is 2.96. The number of amides is 2. The van der Waals surface area contributed by atoms with Crippen molar-refractivity contribution in [2.75, 3.05) is 0 Å². The quantitative estimate of drug-likeness (QED) is 0.693. The van der Waals surface area contributed by atoms with Gasteiger partial charge in [-0.05, 0) is 37.3 Å². The molecular formula is C25H31NO5. The Hall–Kier alpha value is -2.70. The summed E-state index contributed by atoms with van der Waals surface area (Å²) >= 11 is 0. The third-order valence-electron chi connectivity index (χ3n) is 5.68. The SMILES string of the molecule is CC(C)[C@@H](O)[C@H](OCc1ccccc1)C(=O)N1C(=O)OC(C)(C)[C@@H]1Cc1ccccc1. The van der Waals surface area contributed by atoms with Crippen molar-refractivity contribution in [2.24, 2.45) is 5.92 Å². The van der Waals surface area contributed by atoms with Gasteiger partial charge >= 0.3 is 6.09 Å². The highest BCUT2D eigenvalue weighted by Gasteiger charge is 2.52. The fourth-order valence-electron chi connectivity index (χ4n) is 3.76. The van der Waals surface area contributed by atoms with E-state index in [0.717, 1.165) is 16.0 Å². The van der Waals surface area contributed by atoms with Gasteiger partial charge < -0.3 is 14.6 Å². The standard InChI is InChI=1S/C25H31NO5/c1-17(2)21(27)22(30-16-19-13-9-6-10-14-19)23(28)26-20(25(3,4)31-24(26)29)15-18-11-7-5-8-12-18/h5-14,17,20-22,27H,15-16H2,1-4H3/t20-,21+,22-/m0/s1. The maximum Gasteiger partial charge on any atom is 0.417 e. The van der Waals surface area contributed by atoms with Crippen molar-refractivity contribution in [3.63, 3.8) is 0 Å². The van der Waals surface area contributed by atoms with Crippen LogP contribution in [0.4, 0.5) is 4.79 Å². The van der Waals surface area contributed by atoms with Crippen molar-refractivity contribution >= 4 is 12.0 Å². The third kappa shape index (κ3) is 5.32. The largest absolute Gasteiger partial charge is 0.441 e. The maximum absolute atomic E-state index is 13.6. The Bertz CT molecular complexity index is 881. The number of aliphatic hydroxyl groups excluding tert-OH is 1. The summed E-state index contributed by atoms with van der Waals surface area (Å²) in [5.41, 5.74) is 0.999. The van der Waals surface area contributed by atoms with Crippen molar-refractivity contribution in [3.05, 3.63) is 71.8 Å². The van der Waals surface area contributed by atoms with E-state index >= 15 is 0 Å². The van der Waals surface area contributed by atoms with Crippen molar-refractivity contribution in [2.45, 2.75) is 64.6 Å². The van der Waals surface area contributed by atoms with Crippen LogP contribution >= 0.6 is 0 Å². The summed E-state index contributed by atoms with van der Waals surface area (Å²) in [7, 11) is 0. The van der Waals surface area contributed by atoms with Crippen LogP contribution in [-0.2, 0) is 27.3 Å². The number of hydrogen-bond donors (Lipinski definition) is 1. The molecule has 6 nitrogen and oxygen atoms in total. The first-order valence-electron chi connectivity index (χ1n) is 10.6. The molecule has 0 radical (unpaired) electrons. The molecule has 0 aromatic heterocycles. The van der Waals surface area contributed by atoms with E-state index in [4.69, 9.17) is 9.47 Å². The first-order valence-corrected chi connectivity index (χ1v) is 10.6. The van der Waals surface area contributed by atoms with Crippen molar-refractivity contribution < 1.29 is 24.2 Å². The maximum atomic E-state index is 13.6. The number of carbonyl (C=O) groups is 2. The monoisotopic (exact) mass is 425 g/mol. The fourth-order valence-corrected chi connectivity index (χ4v) is 3.76. The molecule has 1 aliphatic heterocycles. The summed E-state index contributed by atoms with van der Waals surface area (Å²) in [5, 5.41) is 10.8. The lowest BCUT2D eigenvalue weighted by Crippen LogP contribution is -2.53. The molecule has 2 aromatic carbocycles. The summed E-state index contributed by atoms with van der Waals surface area (Å²) in [5.74, 6) is -0.808. The molecule has 1 N–H and O–H groups in total. The zero-order valence-corrected chi connectivity index (χ0v) is 18.5. The Balaban J connectivity index is 1.86. The molecule has 1 aliphatic rings. The van der Waals surface area contributed by atoms with E-state index < -0.39 is 35.9 Å². The van der Waals surface area contributed by atoms with Crippen LogP contribution < -0.4 is 0 Å². The van der Waals surface area contributed by atoms with Crippen LogP contribution in [0.3, 0.4) is 0 Å². The van der Waals surface area contributed by atoms with Crippen LogP contribution in [0.25, 0.3) is 0 Å². The molecule has 0 spiro atoms. The second kappa shape index (κ2) is 9.62. The van der Waals surface area contributed by atoms with Crippen LogP contribution in [0.1, 0.15) is 38.8 Å². The molecule has 6 heteroatoms. The van der Waals surface area contributed by atoms with Crippen molar-refractivity contribution in [3.8, 4) is 0 Å². The minimum absolute atomic E-state index is 0.149. The van der Waals surface area contributed by atoms with Gasteiger partial charge in [0.15, 0.2) is 6.10 Å². The lowest BCUT2D eigenvalue weighted by Gasteiger charge is -2.32. The molecule has 1 heterocycles. The average molecular weight is 426 g/mol. The molecule has 1 saturated heterocycles. The minimum atomic E-state index is -1.18. The molecule has 0 aliphatic carbocycles. The molecule has 0 bridgehead atoms. The third-order valence-corrected chi connectivity index (χ3v) is 5.68. The molecule has 31 heavy (non-hydrogen) atoms. The number of imide groups is 1. The zero-order chi connectivity index (χ0) is 22.6. The van der Waals surface area contributed by atoms with Gasteiger partial charge in [0, 0.05) is 0 Å². The summed E-state index contributed by atoms with van der Waals surface area (Å²) in [6.07, 6.45) is -2.50. The van der Waals surface area contributed by atoms with Gasteiger partial charge in [-0.1, -0.05) is 74.5 Å². The summed E-state index contributed by atoms with van der Waals surface area (Å²) in [4.78, 5) is 27.4. The number of hydrogen-bond acceptors (Lipinski definition) is 5. The second-order valence-corrected chi connectivity index (χ2v) is 8.84. The van der Waals surface area contributed by atoms with Gasteiger partial charge in [0.05, 0.1) is 18.8 Å². The zero-order valence-electron chi connectivity index (χ0n) is 18.5. The summed E-state index contributed by atoms with van der Waals surface area (Å²) < 4.78 is 11.4. The highest BCUT2D eigenvalue weighted by atomic mass is 16.6. The first-order chi connectivity index (χ1) is 14.7. The molecule has 0 saturated carbocycles. The van der Waals surface area contributed by atoms with Gasteiger partial charge in [-0.2, -0.15) is 0 Å². The molecule has 3 atom stereocenters.